The standard InChI is InChI=1S/C18H17IN4O3/c1-4-25-14-6-10(5-13(19)16(14)26-9(2)3)15-11(7-20)17(22)23-18(24)12(15)8-21/h5-6,9H,4H2,1-3H3,(H3,22,23,24). The minimum atomic E-state index is -0.644. The van der Waals surface area contributed by atoms with E-state index in [1.165, 1.54) is 0 Å². The summed E-state index contributed by atoms with van der Waals surface area (Å²) in [5.41, 5.74) is 5.67. The van der Waals surface area contributed by atoms with Crippen LogP contribution >= 0.6 is 22.6 Å². The Morgan fingerprint density at radius 3 is 2.46 bits per heavy atom. The molecule has 134 valence electrons. The minimum absolute atomic E-state index is 0.0388. The highest BCUT2D eigenvalue weighted by atomic mass is 127. The number of nitriles is 2. The molecule has 0 aliphatic rings. The monoisotopic (exact) mass is 464 g/mol. The molecule has 0 aliphatic heterocycles. The molecule has 3 N–H and O–H groups in total. The van der Waals surface area contributed by atoms with Gasteiger partial charge in [-0.1, -0.05) is 0 Å². The van der Waals surface area contributed by atoms with E-state index in [1.807, 2.05) is 32.9 Å². The molecule has 0 fully saturated rings. The Labute approximate surface area is 164 Å². The first-order chi connectivity index (χ1) is 12.3. The van der Waals surface area contributed by atoms with E-state index in [9.17, 15) is 15.3 Å². The highest BCUT2D eigenvalue weighted by molar-refractivity contribution is 14.1. The smallest absolute Gasteiger partial charge is 0.268 e. The zero-order valence-electron chi connectivity index (χ0n) is 14.5. The number of benzene rings is 1. The van der Waals surface area contributed by atoms with Gasteiger partial charge in [0.25, 0.3) is 5.56 Å². The third kappa shape index (κ3) is 3.75. The van der Waals surface area contributed by atoms with Crippen molar-refractivity contribution >= 4 is 28.4 Å². The number of nitrogens with zero attached hydrogens (tertiary/aromatic N) is 2. The molecule has 0 spiro atoms. The summed E-state index contributed by atoms with van der Waals surface area (Å²) in [4.78, 5) is 14.4. The van der Waals surface area contributed by atoms with Crippen molar-refractivity contribution in [1.82, 2.24) is 4.98 Å². The summed E-state index contributed by atoms with van der Waals surface area (Å²) in [5, 5.41) is 18.9. The molecule has 2 rings (SSSR count). The second-order valence-corrected chi connectivity index (χ2v) is 6.76. The number of rotatable bonds is 5. The topological polar surface area (TPSA) is 125 Å². The highest BCUT2D eigenvalue weighted by Gasteiger charge is 2.21. The van der Waals surface area contributed by atoms with Crippen molar-refractivity contribution in [2.45, 2.75) is 26.9 Å². The number of nitrogens with one attached hydrogen (secondary N) is 1. The van der Waals surface area contributed by atoms with E-state index >= 15 is 0 Å². The molecule has 2 aromatic rings. The lowest BCUT2D eigenvalue weighted by Crippen LogP contribution is -2.16. The first-order valence-corrected chi connectivity index (χ1v) is 8.91. The van der Waals surface area contributed by atoms with Gasteiger partial charge in [0.05, 0.1) is 16.3 Å². The van der Waals surface area contributed by atoms with Gasteiger partial charge < -0.3 is 20.2 Å². The van der Waals surface area contributed by atoms with Gasteiger partial charge in [-0.05, 0) is 61.1 Å². The van der Waals surface area contributed by atoms with Crippen LogP contribution in [0.5, 0.6) is 11.5 Å². The second kappa shape index (κ2) is 8.11. The molecule has 0 saturated carbocycles. The molecular weight excluding hydrogens is 447 g/mol. The van der Waals surface area contributed by atoms with Crippen LogP contribution in [0.15, 0.2) is 16.9 Å². The first-order valence-electron chi connectivity index (χ1n) is 7.83. The summed E-state index contributed by atoms with van der Waals surface area (Å²) in [6, 6.07) is 7.20. The molecular formula is C18H17IN4O3. The van der Waals surface area contributed by atoms with E-state index in [1.54, 1.807) is 12.1 Å². The van der Waals surface area contributed by atoms with Crippen LogP contribution in [0, 0.1) is 26.2 Å². The summed E-state index contributed by atoms with van der Waals surface area (Å²) < 4.78 is 12.2. The number of anilines is 1. The van der Waals surface area contributed by atoms with Crippen LogP contribution in [0.3, 0.4) is 0 Å². The minimum Gasteiger partial charge on any atom is -0.490 e. The van der Waals surface area contributed by atoms with E-state index in [4.69, 9.17) is 15.2 Å². The number of hydrogen-bond acceptors (Lipinski definition) is 6. The first kappa shape index (κ1) is 19.6. The fraction of sp³-hybridized carbons (Fsp3) is 0.278. The summed E-state index contributed by atoms with van der Waals surface area (Å²) in [5.74, 6) is 0.956. The number of H-pyrrole nitrogens is 1. The van der Waals surface area contributed by atoms with Crippen molar-refractivity contribution in [3.63, 3.8) is 0 Å². The number of halogens is 1. The Kier molecular flexibility index (Phi) is 6.11. The number of nitrogens with two attached hydrogens (primary N) is 1. The third-order valence-corrected chi connectivity index (χ3v) is 4.22. The zero-order chi connectivity index (χ0) is 19.4. The largest absolute Gasteiger partial charge is 0.490 e. The lowest BCUT2D eigenvalue weighted by atomic mass is 9.96. The van der Waals surface area contributed by atoms with E-state index in [2.05, 4.69) is 27.6 Å². The molecule has 0 amide bonds. The van der Waals surface area contributed by atoms with Gasteiger partial charge in [-0.25, -0.2) is 0 Å². The van der Waals surface area contributed by atoms with Gasteiger partial charge in [0.15, 0.2) is 11.5 Å². The Hall–Kier alpha value is -2.72. The van der Waals surface area contributed by atoms with Gasteiger partial charge in [0.1, 0.15) is 29.1 Å². The van der Waals surface area contributed by atoms with Gasteiger partial charge in [0, 0.05) is 5.56 Å². The number of aromatic nitrogens is 1. The molecule has 26 heavy (non-hydrogen) atoms. The maximum absolute atomic E-state index is 12.1. The summed E-state index contributed by atoms with van der Waals surface area (Å²) in [7, 11) is 0. The van der Waals surface area contributed by atoms with E-state index in [0.717, 1.165) is 3.57 Å². The van der Waals surface area contributed by atoms with Crippen LogP contribution in [0.1, 0.15) is 31.9 Å². The van der Waals surface area contributed by atoms with E-state index in [0.29, 0.717) is 23.7 Å². The van der Waals surface area contributed by atoms with Gasteiger partial charge in [0.2, 0.25) is 0 Å². The lowest BCUT2D eigenvalue weighted by molar-refractivity contribution is 0.222. The fourth-order valence-electron chi connectivity index (χ4n) is 2.46. The predicted molar refractivity (Wildman–Crippen MR) is 106 cm³/mol. The lowest BCUT2D eigenvalue weighted by Gasteiger charge is -2.18. The molecule has 1 aromatic heterocycles. The van der Waals surface area contributed by atoms with Crippen molar-refractivity contribution in [3.05, 3.63) is 37.2 Å². The molecule has 0 bridgehead atoms. The molecule has 0 unspecified atom stereocenters. The molecule has 0 aliphatic carbocycles. The fourth-order valence-corrected chi connectivity index (χ4v) is 3.19. The van der Waals surface area contributed by atoms with Gasteiger partial charge >= 0.3 is 0 Å². The normalized spacial score (nSPS) is 10.3. The molecule has 1 heterocycles. The summed E-state index contributed by atoms with van der Waals surface area (Å²) in [6.45, 7) is 6.05. The SMILES string of the molecule is CCOc1cc(-c2c(C#N)c(N)[nH]c(=O)c2C#N)cc(I)c1OC(C)C. The second-order valence-electron chi connectivity index (χ2n) is 5.60. The average Bonchev–Trinajstić information content (AvgIpc) is 2.57. The molecule has 0 atom stereocenters. The van der Waals surface area contributed by atoms with Crippen LogP contribution in [0.4, 0.5) is 5.82 Å². The highest BCUT2D eigenvalue weighted by Crippen LogP contribution is 2.40. The Morgan fingerprint density at radius 1 is 1.27 bits per heavy atom. The third-order valence-electron chi connectivity index (χ3n) is 3.42. The quantitative estimate of drug-likeness (QED) is 0.655. The van der Waals surface area contributed by atoms with E-state index in [-0.39, 0.29) is 28.6 Å². The molecule has 8 heteroatoms. The number of aromatic amines is 1. The molecule has 7 nitrogen and oxygen atoms in total. The number of hydrogen-bond donors (Lipinski definition) is 2. The van der Waals surface area contributed by atoms with Crippen LogP contribution in [0.25, 0.3) is 11.1 Å². The Morgan fingerprint density at radius 2 is 1.92 bits per heavy atom. The van der Waals surface area contributed by atoms with Gasteiger partial charge in [-0.2, -0.15) is 10.5 Å². The van der Waals surface area contributed by atoms with E-state index < -0.39 is 5.56 Å². The summed E-state index contributed by atoms with van der Waals surface area (Å²) >= 11 is 2.09. The van der Waals surface area contributed by atoms with Crippen LogP contribution in [0.2, 0.25) is 0 Å². The Bertz CT molecular complexity index is 984. The molecule has 0 saturated heterocycles. The predicted octanol–water partition coefficient (Wildman–Crippen LogP) is 3.16. The maximum atomic E-state index is 12.1. The number of pyridine rings is 1. The zero-order valence-corrected chi connectivity index (χ0v) is 16.7. The van der Waals surface area contributed by atoms with Crippen molar-refractivity contribution in [3.8, 4) is 34.8 Å². The van der Waals surface area contributed by atoms with Crippen LogP contribution in [-0.2, 0) is 0 Å². The molecule has 1 aromatic carbocycles. The average molecular weight is 464 g/mol. The van der Waals surface area contributed by atoms with Crippen LogP contribution in [-0.4, -0.2) is 17.7 Å². The van der Waals surface area contributed by atoms with Crippen molar-refractivity contribution < 1.29 is 9.47 Å². The van der Waals surface area contributed by atoms with Crippen molar-refractivity contribution in [2.75, 3.05) is 12.3 Å². The van der Waals surface area contributed by atoms with Crippen molar-refractivity contribution in [2.24, 2.45) is 0 Å². The van der Waals surface area contributed by atoms with Crippen molar-refractivity contribution in [1.29, 1.82) is 10.5 Å². The number of ether oxygens (including phenoxy) is 2. The Balaban J connectivity index is 2.85. The summed E-state index contributed by atoms with van der Waals surface area (Å²) in [6.07, 6.45) is -0.0619. The van der Waals surface area contributed by atoms with Gasteiger partial charge in [-0.15, -0.1) is 0 Å². The maximum Gasteiger partial charge on any atom is 0.268 e. The van der Waals surface area contributed by atoms with Gasteiger partial charge in [-0.3, -0.25) is 4.79 Å². The number of nitrogen functional groups attached to an aromatic ring is 1. The van der Waals surface area contributed by atoms with Crippen LogP contribution < -0.4 is 20.8 Å². The molecule has 0 radical (unpaired) electrons.